The van der Waals surface area contributed by atoms with Crippen molar-refractivity contribution in [1.82, 2.24) is 0 Å². The van der Waals surface area contributed by atoms with Gasteiger partial charge in [-0.2, -0.15) is 0 Å². The minimum Gasteiger partial charge on any atom is -0.496 e. The molecule has 14 nitrogen and oxygen atoms in total. The molecule has 12 heterocycles. The number of hydrogen-bond donors (Lipinski definition) is 0. The van der Waals surface area contributed by atoms with E-state index in [2.05, 4.69) is 52.5 Å². The van der Waals surface area contributed by atoms with Gasteiger partial charge in [0.1, 0.15) is 34.5 Å². The lowest BCUT2D eigenvalue weighted by molar-refractivity contribution is -0.896. The van der Waals surface area contributed by atoms with Crippen LogP contribution >= 0.6 is 0 Å². The molecular weight excluding hydrogens is 869 g/mol. The molecule has 12 aliphatic heterocycles. The second-order valence-electron chi connectivity index (χ2n) is 19.6. The molecule has 68 heavy (non-hydrogen) atoms. The quantitative estimate of drug-likeness (QED) is 0.158. The van der Waals surface area contributed by atoms with Crippen molar-refractivity contribution in [1.29, 1.82) is 0 Å². The van der Waals surface area contributed by atoms with Gasteiger partial charge in [-0.15, -0.1) is 0 Å². The molecule has 14 heteroatoms. The lowest BCUT2D eigenvalue weighted by Gasteiger charge is -2.46. The second kappa shape index (κ2) is 21.4. The summed E-state index contributed by atoms with van der Waals surface area (Å²) in [6.07, 6.45) is 6.23. The van der Waals surface area contributed by atoms with Crippen LogP contribution in [-0.4, -0.2) is 147 Å². The molecule has 0 radical (unpaired) electrons. The van der Waals surface area contributed by atoms with Crippen LogP contribution in [0.5, 0.6) is 69.0 Å². The Morgan fingerprint density at radius 3 is 0.897 bits per heavy atom. The molecule has 12 aliphatic rings. The van der Waals surface area contributed by atoms with Crippen molar-refractivity contribution in [3.63, 3.8) is 0 Å². The van der Waals surface area contributed by atoms with Crippen LogP contribution in [0.25, 0.3) is 0 Å². The normalized spacial score (nSPS) is 18.9. The van der Waals surface area contributed by atoms with Crippen LogP contribution < -0.4 is 56.8 Å². The number of methoxy groups -OCH3 is 8. The molecule has 372 valence electrons. The van der Waals surface area contributed by atoms with Crippen LogP contribution in [0, 0.1) is 0 Å². The number of ether oxygens (including phenoxy) is 12. The van der Waals surface area contributed by atoms with E-state index < -0.39 is 10.8 Å². The maximum Gasteiger partial charge on any atom is 0.203 e. The highest BCUT2D eigenvalue weighted by atomic mass is 16.5. The highest BCUT2D eigenvalue weighted by Gasteiger charge is 2.49. The molecular formula is C54H76N2O12+2. The Labute approximate surface area is 404 Å². The van der Waals surface area contributed by atoms with Crippen LogP contribution in [0.1, 0.15) is 73.6 Å². The molecule has 0 N–H and O–H groups in total. The van der Waals surface area contributed by atoms with Crippen molar-refractivity contribution in [3.05, 3.63) is 70.8 Å². The van der Waals surface area contributed by atoms with Crippen LogP contribution in [0.2, 0.25) is 0 Å². The zero-order valence-corrected chi connectivity index (χ0v) is 42.7. The molecule has 2 saturated heterocycles. The number of benzene rings is 4. The number of rotatable bonds is 8. The van der Waals surface area contributed by atoms with Gasteiger partial charge >= 0.3 is 0 Å². The van der Waals surface area contributed by atoms with Gasteiger partial charge < -0.3 is 65.8 Å². The fraction of sp³-hybridized carbons (Fsp3) is 0.556. The predicted octanol–water partition coefficient (Wildman–Crippen LogP) is 8.86. The van der Waals surface area contributed by atoms with Crippen molar-refractivity contribution in [3.8, 4) is 69.0 Å². The van der Waals surface area contributed by atoms with Gasteiger partial charge in [0.25, 0.3) is 0 Å². The van der Waals surface area contributed by atoms with Crippen LogP contribution in [0.3, 0.4) is 0 Å². The summed E-state index contributed by atoms with van der Waals surface area (Å²) >= 11 is 0. The van der Waals surface area contributed by atoms with Gasteiger partial charge in [-0.25, -0.2) is 0 Å². The molecule has 0 aliphatic carbocycles. The molecule has 0 unspecified atom stereocenters. The average molecular weight is 945 g/mol. The first-order valence-corrected chi connectivity index (χ1v) is 24.0. The fourth-order valence-corrected chi connectivity index (χ4v) is 10.4. The molecule has 0 atom stereocenters. The summed E-state index contributed by atoms with van der Waals surface area (Å²) in [6.45, 7) is 5.50. The van der Waals surface area contributed by atoms with Gasteiger partial charge in [0.05, 0.1) is 138 Å². The van der Waals surface area contributed by atoms with Crippen molar-refractivity contribution in [2.45, 2.75) is 62.2 Å². The minimum absolute atomic E-state index is 0.415. The monoisotopic (exact) mass is 945 g/mol. The maximum atomic E-state index is 6.49. The highest BCUT2D eigenvalue weighted by molar-refractivity contribution is 5.65. The first-order valence-electron chi connectivity index (χ1n) is 24.0. The Kier molecular flexibility index (Phi) is 15.8. The summed E-state index contributed by atoms with van der Waals surface area (Å²) in [6, 6.07) is 16.3. The first-order chi connectivity index (χ1) is 32.7. The summed E-state index contributed by atoms with van der Waals surface area (Å²) in [7, 11) is 22.6. The van der Waals surface area contributed by atoms with Gasteiger partial charge in [0.15, 0.2) is 23.0 Å². The van der Waals surface area contributed by atoms with E-state index in [-0.39, 0.29) is 0 Å². The lowest BCUT2D eigenvalue weighted by atomic mass is 9.66. The Hall–Kier alpha value is -5.60. The predicted molar refractivity (Wildman–Crippen MR) is 262 cm³/mol. The Morgan fingerprint density at radius 1 is 0.353 bits per heavy atom. The van der Waals surface area contributed by atoms with Gasteiger partial charge in [-0.3, -0.25) is 0 Å². The molecule has 16 rings (SSSR count). The maximum absolute atomic E-state index is 6.49. The third kappa shape index (κ3) is 10.2. The lowest BCUT2D eigenvalue weighted by Crippen LogP contribution is -2.52. The van der Waals surface area contributed by atoms with Crippen LogP contribution in [0.15, 0.2) is 48.5 Å². The molecule has 2 fully saturated rings. The van der Waals surface area contributed by atoms with Gasteiger partial charge in [0.2, 0.25) is 11.5 Å². The number of piperidine rings is 2. The number of nitrogens with zero attached hydrogens (tertiary/aromatic N) is 2. The Bertz CT molecular complexity index is 2100. The smallest absolute Gasteiger partial charge is 0.203 e. The fourth-order valence-electron chi connectivity index (χ4n) is 10.4. The summed E-state index contributed by atoms with van der Waals surface area (Å²) in [4.78, 5) is 0. The van der Waals surface area contributed by atoms with E-state index in [9.17, 15) is 0 Å². The average Bonchev–Trinajstić information content (AvgIpc) is 3.35. The molecule has 2 spiro atoms. The molecule has 4 aromatic rings. The molecule has 0 saturated carbocycles. The van der Waals surface area contributed by atoms with Gasteiger partial charge in [-0.1, -0.05) is 0 Å². The first kappa shape index (κ1) is 50.3. The SMILES string of the molecule is COc1cc2cc(OC)c1OCCCCOc1cc(OC)c(c(OC)c1)C1(CC[N+](C)(C)CC1)c1c(OC)cc(cc1OC)OCCCCOc1c(OC)cc(cc1OC)C21CC[N+](C)(C)CC1. The van der Waals surface area contributed by atoms with Crippen molar-refractivity contribution in [2.24, 2.45) is 0 Å². The Morgan fingerprint density at radius 2 is 0.618 bits per heavy atom. The van der Waals surface area contributed by atoms with E-state index in [1.165, 1.54) is 0 Å². The van der Waals surface area contributed by atoms with Crippen LogP contribution in [-0.2, 0) is 10.8 Å². The number of hydrogen-bond acceptors (Lipinski definition) is 12. The Balaban J connectivity index is 1.28. The third-order valence-electron chi connectivity index (χ3n) is 14.6. The largest absolute Gasteiger partial charge is 0.496 e. The summed E-state index contributed by atoms with van der Waals surface area (Å²) in [5.74, 6) is 7.58. The summed E-state index contributed by atoms with van der Waals surface area (Å²) < 4.78 is 76.9. The molecule has 8 bridgehead atoms. The van der Waals surface area contributed by atoms with E-state index in [1.54, 1.807) is 56.9 Å². The highest BCUT2D eigenvalue weighted by Crippen LogP contribution is 2.57. The van der Waals surface area contributed by atoms with Crippen molar-refractivity contribution < 1.29 is 65.8 Å². The molecule has 0 amide bonds. The zero-order chi connectivity index (χ0) is 48.7. The second-order valence-corrected chi connectivity index (χ2v) is 19.6. The van der Waals surface area contributed by atoms with E-state index >= 15 is 0 Å². The number of quaternary nitrogens is 2. The van der Waals surface area contributed by atoms with Crippen molar-refractivity contribution in [2.75, 3.05) is 138 Å². The number of likely N-dealkylation sites (tertiary alicyclic amines) is 2. The third-order valence-corrected chi connectivity index (χ3v) is 14.6. The summed E-state index contributed by atoms with van der Waals surface area (Å²) in [5, 5.41) is 0. The summed E-state index contributed by atoms with van der Waals surface area (Å²) in [5.41, 5.74) is 3.00. The van der Waals surface area contributed by atoms with Gasteiger partial charge in [0, 0.05) is 71.9 Å². The van der Waals surface area contributed by atoms with E-state index in [0.29, 0.717) is 95.4 Å². The standard InChI is InChI=1S/C54H76N2O12/c1-55(2)21-17-53(18-22-55)37-29-45(61-9)51(46(30-37)62-10)67-27-15-13-25-65-39-33-41(57-5)49(42(34-39)58-6)54(19-23-56(3,4)24-20-54)50-43(59-7)35-40(36-44(50)60-8)66-26-14-16-28-68-52-47(63-11)31-38(53)32-48(52)64-12/h29-36H,13-28H2,1-12H3/q+2. The van der Waals surface area contributed by atoms with Crippen LogP contribution in [0.4, 0.5) is 0 Å². The van der Waals surface area contributed by atoms with E-state index in [1.807, 2.05) is 24.3 Å². The van der Waals surface area contributed by atoms with E-state index in [0.717, 1.165) is 109 Å². The van der Waals surface area contributed by atoms with Crippen molar-refractivity contribution >= 4 is 0 Å². The zero-order valence-electron chi connectivity index (χ0n) is 42.7. The van der Waals surface area contributed by atoms with Gasteiger partial charge in [-0.05, 0) is 61.1 Å². The molecule has 0 aromatic heterocycles. The topological polar surface area (TPSA) is 111 Å². The van der Waals surface area contributed by atoms with E-state index in [4.69, 9.17) is 56.8 Å². The minimum atomic E-state index is -0.596. The molecule has 4 aromatic carbocycles.